The summed E-state index contributed by atoms with van der Waals surface area (Å²) in [6, 6.07) is 10.7. The molecule has 1 aliphatic rings. The van der Waals surface area contributed by atoms with Crippen molar-refractivity contribution < 1.29 is 23.5 Å². The molecular formula is C21H20FN5O4S. The Balaban J connectivity index is 1.26. The molecule has 0 fully saturated rings. The largest absolute Gasteiger partial charge is 0.486 e. The van der Waals surface area contributed by atoms with Crippen LogP contribution in [0.5, 0.6) is 11.5 Å². The van der Waals surface area contributed by atoms with Crippen molar-refractivity contribution in [3.8, 4) is 22.9 Å². The second kappa shape index (κ2) is 9.69. The fourth-order valence-electron chi connectivity index (χ4n) is 3.03. The summed E-state index contributed by atoms with van der Waals surface area (Å²) in [6.45, 7) is 0.914. The Kier molecular flexibility index (Phi) is 6.55. The second-order valence-electron chi connectivity index (χ2n) is 6.80. The van der Waals surface area contributed by atoms with Crippen LogP contribution in [0, 0.1) is 5.82 Å². The van der Waals surface area contributed by atoms with Crippen molar-refractivity contribution in [1.82, 2.24) is 20.1 Å². The van der Waals surface area contributed by atoms with Gasteiger partial charge in [-0.25, -0.2) is 9.18 Å². The van der Waals surface area contributed by atoms with Crippen LogP contribution < -0.4 is 20.1 Å². The molecular weight excluding hydrogens is 437 g/mol. The van der Waals surface area contributed by atoms with Gasteiger partial charge < -0.3 is 19.4 Å². The van der Waals surface area contributed by atoms with Gasteiger partial charge in [0.2, 0.25) is 5.91 Å². The first-order valence-electron chi connectivity index (χ1n) is 9.79. The summed E-state index contributed by atoms with van der Waals surface area (Å²) in [7, 11) is 1.73. The smallest absolute Gasteiger partial charge is 0.325 e. The van der Waals surface area contributed by atoms with Crippen LogP contribution in [0.25, 0.3) is 11.4 Å². The Bertz CT molecular complexity index is 1150. The van der Waals surface area contributed by atoms with Gasteiger partial charge in [0.05, 0.1) is 5.56 Å². The molecule has 1 aromatic heterocycles. The number of thioether (sulfide) groups is 1. The van der Waals surface area contributed by atoms with E-state index in [2.05, 4.69) is 20.8 Å². The van der Waals surface area contributed by atoms with E-state index in [0.29, 0.717) is 52.7 Å². The molecule has 4 rings (SSSR count). The molecule has 0 saturated heterocycles. The maximum atomic E-state index is 14.0. The molecule has 0 unspecified atom stereocenters. The summed E-state index contributed by atoms with van der Waals surface area (Å²) in [5.41, 5.74) is 0.830. The average Bonchev–Trinajstić information content (AvgIpc) is 3.14. The lowest BCUT2D eigenvalue weighted by atomic mass is 10.2. The number of benzene rings is 2. The van der Waals surface area contributed by atoms with Crippen LogP contribution in [0.4, 0.5) is 14.9 Å². The minimum absolute atomic E-state index is 0.0844. The number of ether oxygens (including phenoxy) is 2. The summed E-state index contributed by atoms with van der Waals surface area (Å²) in [5, 5.41) is 13.5. The van der Waals surface area contributed by atoms with Crippen LogP contribution in [0.15, 0.2) is 47.6 Å². The van der Waals surface area contributed by atoms with Gasteiger partial charge in [0, 0.05) is 31.0 Å². The predicted molar refractivity (Wildman–Crippen MR) is 116 cm³/mol. The Labute approximate surface area is 187 Å². The van der Waals surface area contributed by atoms with E-state index >= 15 is 0 Å². The van der Waals surface area contributed by atoms with Crippen LogP contribution in [-0.4, -0.2) is 45.7 Å². The number of nitrogens with zero attached hydrogens (tertiary/aromatic N) is 3. The van der Waals surface area contributed by atoms with Gasteiger partial charge in [0.15, 0.2) is 22.5 Å². The molecule has 3 aromatic rings. The first-order chi connectivity index (χ1) is 15.5. The number of halogens is 1. The number of carbonyl (C=O) groups excluding carboxylic acids is 2. The maximum Gasteiger partial charge on any atom is 0.325 e. The number of imide groups is 1. The molecule has 3 amide bonds. The van der Waals surface area contributed by atoms with Gasteiger partial charge in [-0.15, -0.1) is 10.2 Å². The molecule has 0 saturated carbocycles. The number of anilines is 1. The molecule has 2 aromatic carbocycles. The lowest BCUT2D eigenvalue weighted by molar-refractivity contribution is -0.119. The molecule has 0 spiro atoms. The molecule has 32 heavy (non-hydrogen) atoms. The fraction of sp³-hybridized carbons (Fsp3) is 0.238. The van der Waals surface area contributed by atoms with Crippen LogP contribution in [-0.2, 0) is 11.8 Å². The first-order valence-corrected chi connectivity index (χ1v) is 10.8. The predicted octanol–water partition coefficient (Wildman–Crippen LogP) is 3.22. The molecule has 2 N–H and O–H groups in total. The normalized spacial score (nSPS) is 12.3. The van der Waals surface area contributed by atoms with Gasteiger partial charge >= 0.3 is 6.03 Å². The first kappa shape index (κ1) is 21.6. The van der Waals surface area contributed by atoms with Gasteiger partial charge in [-0.3, -0.25) is 10.1 Å². The number of nitrogens with one attached hydrogen (secondary N) is 2. The number of rotatable bonds is 6. The van der Waals surface area contributed by atoms with Gasteiger partial charge in [0.1, 0.15) is 19.0 Å². The molecule has 0 bridgehead atoms. The highest BCUT2D eigenvalue weighted by Gasteiger charge is 2.16. The fourth-order valence-corrected chi connectivity index (χ4v) is 3.87. The third-order valence-electron chi connectivity index (χ3n) is 4.56. The Morgan fingerprint density at radius 3 is 2.72 bits per heavy atom. The number of urea groups is 1. The number of fused-ring (bicyclic) bond motifs is 1. The van der Waals surface area contributed by atoms with Gasteiger partial charge in [-0.1, -0.05) is 23.9 Å². The summed E-state index contributed by atoms with van der Waals surface area (Å²) in [5.74, 6) is 1.08. The van der Waals surface area contributed by atoms with E-state index in [0.717, 1.165) is 0 Å². The highest BCUT2D eigenvalue weighted by Crippen LogP contribution is 2.32. The van der Waals surface area contributed by atoms with E-state index in [1.165, 1.54) is 17.8 Å². The highest BCUT2D eigenvalue weighted by atomic mass is 32.2. The lowest BCUT2D eigenvalue weighted by Crippen LogP contribution is -2.34. The van der Waals surface area contributed by atoms with Crippen molar-refractivity contribution in [1.29, 1.82) is 0 Å². The van der Waals surface area contributed by atoms with Crippen molar-refractivity contribution in [2.24, 2.45) is 7.05 Å². The second-order valence-corrected chi connectivity index (χ2v) is 7.87. The van der Waals surface area contributed by atoms with Crippen molar-refractivity contribution in [2.45, 2.75) is 11.6 Å². The van der Waals surface area contributed by atoms with Crippen LogP contribution in [0.3, 0.4) is 0 Å². The molecule has 2 heterocycles. The Morgan fingerprint density at radius 1 is 1.12 bits per heavy atom. The van der Waals surface area contributed by atoms with Crippen molar-refractivity contribution >= 4 is 29.4 Å². The molecule has 0 atom stereocenters. The number of hydrogen-bond acceptors (Lipinski definition) is 7. The molecule has 1 aliphatic heterocycles. The van der Waals surface area contributed by atoms with Crippen LogP contribution in [0.1, 0.15) is 6.42 Å². The molecule has 11 heteroatoms. The van der Waals surface area contributed by atoms with Gasteiger partial charge in [-0.2, -0.15) is 0 Å². The molecule has 0 radical (unpaired) electrons. The minimum Gasteiger partial charge on any atom is -0.486 e. The summed E-state index contributed by atoms with van der Waals surface area (Å²) >= 11 is 1.29. The molecule has 0 aliphatic carbocycles. The topological polar surface area (TPSA) is 107 Å². The zero-order valence-corrected chi connectivity index (χ0v) is 17.9. The summed E-state index contributed by atoms with van der Waals surface area (Å²) < 4.78 is 26.6. The SMILES string of the molecule is Cn1c(SCCC(=O)NC(=O)Nc2ccc3c(c2)OCCO3)nnc1-c1ccccc1F. The summed E-state index contributed by atoms with van der Waals surface area (Å²) in [6.07, 6.45) is 0.0844. The Morgan fingerprint density at radius 2 is 1.91 bits per heavy atom. The lowest BCUT2D eigenvalue weighted by Gasteiger charge is -2.19. The van der Waals surface area contributed by atoms with Crippen LogP contribution >= 0.6 is 11.8 Å². The number of hydrogen-bond donors (Lipinski definition) is 2. The summed E-state index contributed by atoms with van der Waals surface area (Å²) in [4.78, 5) is 24.2. The van der Waals surface area contributed by atoms with E-state index < -0.39 is 11.9 Å². The third-order valence-corrected chi connectivity index (χ3v) is 5.58. The van der Waals surface area contributed by atoms with Crippen LogP contribution in [0.2, 0.25) is 0 Å². The van der Waals surface area contributed by atoms with Crippen molar-refractivity contribution in [3.05, 3.63) is 48.3 Å². The van der Waals surface area contributed by atoms with E-state index in [1.807, 2.05) is 0 Å². The van der Waals surface area contributed by atoms with E-state index in [4.69, 9.17) is 9.47 Å². The average molecular weight is 457 g/mol. The van der Waals surface area contributed by atoms with E-state index in [9.17, 15) is 14.0 Å². The number of carbonyl (C=O) groups is 2. The Hall–Kier alpha value is -3.60. The minimum atomic E-state index is -0.642. The van der Waals surface area contributed by atoms with Crippen molar-refractivity contribution in [3.63, 3.8) is 0 Å². The maximum absolute atomic E-state index is 14.0. The van der Waals surface area contributed by atoms with E-state index in [1.54, 1.807) is 48.0 Å². The number of amides is 3. The highest BCUT2D eigenvalue weighted by molar-refractivity contribution is 7.99. The van der Waals surface area contributed by atoms with Gasteiger partial charge in [-0.05, 0) is 24.3 Å². The number of aromatic nitrogens is 3. The van der Waals surface area contributed by atoms with Crippen molar-refractivity contribution in [2.75, 3.05) is 24.3 Å². The zero-order valence-electron chi connectivity index (χ0n) is 17.1. The van der Waals surface area contributed by atoms with Gasteiger partial charge in [0.25, 0.3) is 0 Å². The van der Waals surface area contributed by atoms with E-state index in [-0.39, 0.29) is 12.2 Å². The molecule has 9 nitrogen and oxygen atoms in total. The monoisotopic (exact) mass is 457 g/mol. The standard InChI is InChI=1S/C21H20FN5O4S/c1-27-19(14-4-2-3-5-15(14)22)25-26-21(27)32-11-8-18(28)24-20(29)23-13-6-7-16-17(12-13)31-10-9-30-16/h2-7,12H,8-11H2,1H3,(H2,23,24,28,29). The zero-order chi connectivity index (χ0) is 22.5. The third kappa shape index (κ3) is 4.99. The quantitative estimate of drug-likeness (QED) is 0.547. The molecule has 166 valence electrons.